The lowest BCUT2D eigenvalue weighted by Crippen LogP contribution is -2.23. The van der Waals surface area contributed by atoms with E-state index < -0.39 is 5.97 Å². The average molecular weight is 371 g/mol. The largest absolute Gasteiger partial charge is 0.454 e. The SMILES string of the molecule is Cc1cc(C(=O)COC(=O)c2ccc(CN3CCCC3=O)cc2)c(C)s1. The molecule has 0 radical (unpaired) electrons. The van der Waals surface area contributed by atoms with Crippen molar-refractivity contribution in [1.29, 1.82) is 0 Å². The molecule has 1 aliphatic heterocycles. The van der Waals surface area contributed by atoms with Gasteiger partial charge in [0.2, 0.25) is 11.7 Å². The molecule has 1 fully saturated rings. The first-order valence-electron chi connectivity index (χ1n) is 8.58. The Labute approximate surface area is 156 Å². The molecule has 136 valence electrons. The Kier molecular flexibility index (Phi) is 5.52. The van der Waals surface area contributed by atoms with E-state index >= 15 is 0 Å². The first kappa shape index (κ1) is 18.3. The van der Waals surface area contributed by atoms with E-state index in [1.54, 1.807) is 23.5 Å². The second-order valence-corrected chi connectivity index (χ2v) is 7.90. The first-order valence-corrected chi connectivity index (χ1v) is 9.40. The third-order valence-electron chi connectivity index (χ3n) is 4.41. The van der Waals surface area contributed by atoms with Crippen LogP contribution in [-0.2, 0) is 16.1 Å². The molecule has 6 heteroatoms. The molecule has 3 rings (SSSR count). The number of hydrogen-bond donors (Lipinski definition) is 0. The fourth-order valence-corrected chi connectivity index (χ4v) is 3.98. The normalized spacial score (nSPS) is 13.9. The van der Waals surface area contributed by atoms with Gasteiger partial charge in [0.05, 0.1) is 5.56 Å². The lowest BCUT2D eigenvalue weighted by molar-refractivity contribution is -0.128. The van der Waals surface area contributed by atoms with Gasteiger partial charge in [-0.05, 0) is 44.0 Å². The van der Waals surface area contributed by atoms with E-state index in [0.717, 1.165) is 28.3 Å². The molecule has 1 aliphatic rings. The summed E-state index contributed by atoms with van der Waals surface area (Å²) in [6, 6.07) is 8.79. The van der Waals surface area contributed by atoms with Crippen LogP contribution in [0.15, 0.2) is 30.3 Å². The van der Waals surface area contributed by atoms with Crippen molar-refractivity contribution in [2.45, 2.75) is 33.2 Å². The average Bonchev–Trinajstić information content (AvgIpc) is 3.18. The van der Waals surface area contributed by atoms with Crippen molar-refractivity contribution in [2.24, 2.45) is 0 Å². The van der Waals surface area contributed by atoms with Gasteiger partial charge in [0.15, 0.2) is 6.61 Å². The van der Waals surface area contributed by atoms with Crippen molar-refractivity contribution >= 4 is 29.0 Å². The van der Waals surface area contributed by atoms with Gasteiger partial charge >= 0.3 is 5.97 Å². The molecular weight excluding hydrogens is 350 g/mol. The Balaban J connectivity index is 1.55. The number of likely N-dealkylation sites (tertiary alicyclic amines) is 1. The molecule has 1 aromatic heterocycles. The van der Waals surface area contributed by atoms with Crippen molar-refractivity contribution in [2.75, 3.05) is 13.2 Å². The van der Waals surface area contributed by atoms with Crippen molar-refractivity contribution in [3.05, 3.63) is 56.8 Å². The maximum absolute atomic E-state index is 12.2. The summed E-state index contributed by atoms with van der Waals surface area (Å²) < 4.78 is 5.15. The number of nitrogens with zero attached hydrogens (tertiary/aromatic N) is 1. The highest BCUT2D eigenvalue weighted by atomic mass is 32.1. The number of carbonyl (C=O) groups is 3. The number of carbonyl (C=O) groups excluding carboxylic acids is 3. The predicted octanol–water partition coefficient (Wildman–Crippen LogP) is 3.53. The van der Waals surface area contributed by atoms with Gasteiger partial charge in [-0.2, -0.15) is 0 Å². The predicted molar refractivity (Wildman–Crippen MR) is 99.5 cm³/mol. The van der Waals surface area contributed by atoms with Crippen LogP contribution in [0.2, 0.25) is 0 Å². The van der Waals surface area contributed by atoms with Gasteiger partial charge in [-0.25, -0.2) is 4.79 Å². The molecule has 1 aromatic carbocycles. The highest BCUT2D eigenvalue weighted by molar-refractivity contribution is 7.12. The lowest BCUT2D eigenvalue weighted by atomic mass is 10.1. The van der Waals surface area contributed by atoms with E-state index in [-0.39, 0.29) is 18.3 Å². The smallest absolute Gasteiger partial charge is 0.338 e. The third-order valence-corrected chi connectivity index (χ3v) is 5.38. The van der Waals surface area contributed by atoms with Crippen LogP contribution in [0.4, 0.5) is 0 Å². The third kappa shape index (κ3) is 4.19. The van der Waals surface area contributed by atoms with E-state index in [2.05, 4.69) is 0 Å². The molecule has 2 aromatic rings. The van der Waals surface area contributed by atoms with Gasteiger partial charge in [-0.1, -0.05) is 12.1 Å². The van der Waals surface area contributed by atoms with E-state index in [0.29, 0.717) is 24.1 Å². The summed E-state index contributed by atoms with van der Waals surface area (Å²) in [6.07, 6.45) is 1.52. The van der Waals surface area contributed by atoms with E-state index in [9.17, 15) is 14.4 Å². The molecule has 0 atom stereocenters. The molecule has 0 saturated carbocycles. The number of ketones is 1. The van der Waals surface area contributed by atoms with Crippen molar-refractivity contribution in [3.8, 4) is 0 Å². The van der Waals surface area contributed by atoms with Gasteiger partial charge in [0, 0.05) is 34.8 Å². The van der Waals surface area contributed by atoms with Gasteiger partial charge in [0.25, 0.3) is 0 Å². The van der Waals surface area contributed by atoms with E-state index in [1.165, 1.54) is 0 Å². The summed E-state index contributed by atoms with van der Waals surface area (Å²) in [6.45, 7) is 4.91. The van der Waals surface area contributed by atoms with Crippen LogP contribution >= 0.6 is 11.3 Å². The van der Waals surface area contributed by atoms with Gasteiger partial charge in [0.1, 0.15) is 0 Å². The van der Waals surface area contributed by atoms with Gasteiger partial charge in [-0.3, -0.25) is 9.59 Å². The molecule has 0 aliphatic carbocycles. The number of ether oxygens (including phenoxy) is 1. The molecule has 26 heavy (non-hydrogen) atoms. The zero-order chi connectivity index (χ0) is 18.7. The van der Waals surface area contributed by atoms with Crippen LogP contribution < -0.4 is 0 Å². The topological polar surface area (TPSA) is 63.7 Å². The summed E-state index contributed by atoms with van der Waals surface area (Å²) in [5.41, 5.74) is 1.98. The molecule has 2 heterocycles. The minimum Gasteiger partial charge on any atom is -0.454 e. The molecule has 1 amide bonds. The van der Waals surface area contributed by atoms with Crippen LogP contribution in [0.3, 0.4) is 0 Å². The van der Waals surface area contributed by atoms with Crippen LogP contribution in [0.25, 0.3) is 0 Å². The van der Waals surface area contributed by atoms with Gasteiger partial charge in [-0.15, -0.1) is 11.3 Å². The molecule has 0 spiro atoms. The molecular formula is C20H21NO4S. The van der Waals surface area contributed by atoms with Crippen LogP contribution in [0.5, 0.6) is 0 Å². The van der Waals surface area contributed by atoms with E-state index in [1.807, 2.05) is 36.9 Å². The van der Waals surface area contributed by atoms with Crippen molar-refractivity contribution in [1.82, 2.24) is 4.90 Å². The van der Waals surface area contributed by atoms with E-state index in [4.69, 9.17) is 4.74 Å². The summed E-state index contributed by atoms with van der Waals surface area (Å²) in [5, 5.41) is 0. The number of rotatable bonds is 6. The second-order valence-electron chi connectivity index (χ2n) is 6.44. The lowest BCUT2D eigenvalue weighted by Gasteiger charge is -2.15. The molecule has 0 N–H and O–H groups in total. The van der Waals surface area contributed by atoms with Crippen LogP contribution in [0.1, 0.15) is 48.9 Å². The second kappa shape index (κ2) is 7.83. The fourth-order valence-electron chi connectivity index (χ4n) is 3.04. The number of esters is 1. The Bertz CT molecular complexity index is 838. The summed E-state index contributed by atoms with van der Waals surface area (Å²) in [4.78, 5) is 39.8. The Hall–Kier alpha value is -2.47. The monoisotopic (exact) mass is 371 g/mol. The zero-order valence-corrected chi connectivity index (χ0v) is 15.7. The fraction of sp³-hybridized carbons (Fsp3) is 0.350. The summed E-state index contributed by atoms with van der Waals surface area (Å²) >= 11 is 1.55. The highest BCUT2D eigenvalue weighted by Crippen LogP contribution is 2.21. The van der Waals surface area contributed by atoms with Crippen LogP contribution in [0, 0.1) is 13.8 Å². The molecule has 0 bridgehead atoms. The van der Waals surface area contributed by atoms with Crippen molar-refractivity contribution in [3.63, 3.8) is 0 Å². The number of aryl methyl sites for hydroxylation is 2. The number of benzene rings is 1. The minimum absolute atomic E-state index is 0.172. The Morgan fingerprint density at radius 2 is 1.92 bits per heavy atom. The number of thiophene rings is 1. The quantitative estimate of drug-likeness (QED) is 0.576. The summed E-state index contributed by atoms with van der Waals surface area (Å²) in [7, 11) is 0. The number of Topliss-reactive ketones (excluding diaryl/α,β-unsaturated/α-hetero) is 1. The standard InChI is InChI=1S/C20H21NO4S/c1-13-10-17(14(2)26-13)18(22)12-25-20(24)16-7-5-15(6-8-16)11-21-9-3-4-19(21)23/h5-8,10H,3-4,9,11-12H2,1-2H3. The molecule has 5 nitrogen and oxygen atoms in total. The highest BCUT2D eigenvalue weighted by Gasteiger charge is 2.20. The number of amides is 1. The van der Waals surface area contributed by atoms with Crippen molar-refractivity contribution < 1.29 is 19.1 Å². The molecule has 1 saturated heterocycles. The first-order chi connectivity index (χ1) is 12.4. The Morgan fingerprint density at radius 1 is 1.19 bits per heavy atom. The van der Waals surface area contributed by atoms with Gasteiger partial charge < -0.3 is 9.64 Å². The summed E-state index contributed by atoms with van der Waals surface area (Å²) in [5.74, 6) is -0.540. The molecule has 0 unspecified atom stereocenters. The zero-order valence-electron chi connectivity index (χ0n) is 14.9. The maximum Gasteiger partial charge on any atom is 0.338 e. The Morgan fingerprint density at radius 3 is 2.50 bits per heavy atom. The van der Waals surface area contributed by atoms with Crippen LogP contribution in [-0.4, -0.2) is 35.7 Å². The maximum atomic E-state index is 12.2. The number of hydrogen-bond acceptors (Lipinski definition) is 5. The minimum atomic E-state index is -0.522.